The molecule has 3 rings (SSSR count). The number of carbonyl (C=O) groups is 1. The quantitative estimate of drug-likeness (QED) is 0.463. The second-order valence-electron chi connectivity index (χ2n) is 6.57. The van der Waals surface area contributed by atoms with Crippen LogP contribution in [-0.4, -0.2) is 31.1 Å². The topological polar surface area (TPSA) is 72.7 Å². The van der Waals surface area contributed by atoms with Crippen LogP contribution in [0.3, 0.4) is 0 Å². The zero-order chi connectivity index (χ0) is 18.5. The summed E-state index contributed by atoms with van der Waals surface area (Å²) in [7, 11) is 1.23. The Morgan fingerprint density at radius 2 is 1.88 bits per heavy atom. The van der Waals surface area contributed by atoms with E-state index in [1.165, 1.54) is 18.7 Å². The van der Waals surface area contributed by atoms with Crippen LogP contribution in [0.15, 0.2) is 48.5 Å². The Hall–Kier alpha value is -2.89. The van der Waals surface area contributed by atoms with Crippen molar-refractivity contribution in [3.8, 4) is 0 Å². The lowest BCUT2D eigenvalue weighted by Crippen LogP contribution is -2.34. The van der Waals surface area contributed by atoms with E-state index in [-0.39, 0.29) is 11.3 Å². The van der Waals surface area contributed by atoms with Gasteiger partial charge in [0.2, 0.25) is 0 Å². The number of anilines is 1. The summed E-state index contributed by atoms with van der Waals surface area (Å²) in [5.74, 6) is -0.0516. The van der Waals surface area contributed by atoms with E-state index >= 15 is 0 Å². The predicted octanol–water partition coefficient (Wildman–Crippen LogP) is 3.84. The number of benzene rings is 2. The Morgan fingerprint density at radius 1 is 1.19 bits per heavy atom. The van der Waals surface area contributed by atoms with Gasteiger partial charge in [-0.3, -0.25) is 10.1 Å². The fourth-order valence-electron chi connectivity index (χ4n) is 3.50. The monoisotopic (exact) mass is 354 g/mol. The van der Waals surface area contributed by atoms with Crippen LogP contribution in [0.2, 0.25) is 0 Å². The molecule has 1 heterocycles. The third-order valence-corrected chi connectivity index (χ3v) is 4.93. The van der Waals surface area contributed by atoms with Crippen LogP contribution in [0.1, 0.15) is 28.8 Å². The molecule has 2 aromatic rings. The van der Waals surface area contributed by atoms with E-state index in [2.05, 4.69) is 29.2 Å². The number of carbonyl (C=O) groups excluding carboxylic acids is 1. The lowest BCUT2D eigenvalue weighted by Gasteiger charge is -2.33. The molecule has 0 N–H and O–H groups in total. The molecule has 0 aromatic heterocycles. The first kappa shape index (κ1) is 17.9. The van der Waals surface area contributed by atoms with Gasteiger partial charge in [-0.15, -0.1) is 0 Å². The van der Waals surface area contributed by atoms with Crippen molar-refractivity contribution in [2.75, 3.05) is 25.1 Å². The van der Waals surface area contributed by atoms with Crippen LogP contribution in [-0.2, 0) is 11.2 Å². The highest BCUT2D eigenvalue weighted by molar-refractivity contribution is 5.95. The number of methoxy groups -OCH3 is 1. The highest BCUT2D eigenvalue weighted by Gasteiger charge is 2.25. The summed E-state index contributed by atoms with van der Waals surface area (Å²) in [6.45, 7) is 1.74. The van der Waals surface area contributed by atoms with E-state index < -0.39 is 10.9 Å². The highest BCUT2D eigenvalue weighted by atomic mass is 16.6. The van der Waals surface area contributed by atoms with E-state index in [1.54, 1.807) is 12.1 Å². The maximum Gasteiger partial charge on any atom is 0.344 e. The zero-order valence-electron chi connectivity index (χ0n) is 14.8. The molecule has 26 heavy (non-hydrogen) atoms. The summed E-state index contributed by atoms with van der Waals surface area (Å²) in [5.41, 5.74) is 1.96. The number of hydrogen-bond donors (Lipinski definition) is 0. The second-order valence-corrected chi connectivity index (χ2v) is 6.57. The number of esters is 1. The van der Waals surface area contributed by atoms with Crippen molar-refractivity contribution >= 4 is 17.3 Å². The minimum absolute atomic E-state index is 0.00130. The number of ether oxygens (including phenoxy) is 1. The Kier molecular flexibility index (Phi) is 5.51. The lowest BCUT2D eigenvalue weighted by atomic mass is 9.90. The minimum atomic E-state index is -0.683. The first-order chi connectivity index (χ1) is 12.6. The van der Waals surface area contributed by atoms with Crippen LogP contribution in [0.5, 0.6) is 0 Å². The van der Waals surface area contributed by atoms with E-state index in [9.17, 15) is 14.9 Å². The Morgan fingerprint density at radius 3 is 2.50 bits per heavy atom. The van der Waals surface area contributed by atoms with E-state index in [0.717, 1.165) is 38.0 Å². The van der Waals surface area contributed by atoms with Gasteiger partial charge in [0, 0.05) is 24.8 Å². The summed E-state index contributed by atoms with van der Waals surface area (Å²) < 4.78 is 4.69. The molecule has 0 radical (unpaired) electrons. The molecular formula is C20H22N2O4. The Bertz CT molecular complexity index is 784. The summed E-state index contributed by atoms with van der Waals surface area (Å²) in [4.78, 5) is 24.6. The van der Waals surface area contributed by atoms with Gasteiger partial charge >= 0.3 is 5.97 Å². The molecule has 6 heteroatoms. The van der Waals surface area contributed by atoms with E-state index in [1.807, 2.05) is 6.07 Å². The van der Waals surface area contributed by atoms with Gasteiger partial charge in [0.05, 0.1) is 12.0 Å². The van der Waals surface area contributed by atoms with Crippen LogP contribution in [0, 0.1) is 16.0 Å². The molecule has 1 aliphatic rings. The molecule has 136 valence electrons. The summed E-state index contributed by atoms with van der Waals surface area (Å²) >= 11 is 0. The Labute approximate surface area is 152 Å². The number of hydrogen-bond acceptors (Lipinski definition) is 5. The van der Waals surface area contributed by atoms with Crippen molar-refractivity contribution in [2.24, 2.45) is 5.92 Å². The van der Waals surface area contributed by atoms with Gasteiger partial charge in [-0.25, -0.2) is 4.79 Å². The molecule has 0 amide bonds. The average Bonchev–Trinajstić information content (AvgIpc) is 2.68. The third-order valence-electron chi connectivity index (χ3n) is 4.93. The van der Waals surface area contributed by atoms with Gasteiger partial charge in [0.15, 0.2) is 0 Å². The molecule has 1 fully saturated rings. The molecule has 1 aliphatic heterocycles. The molecule has 6 nitrogen and oxygen atoms in total. The molecule has 0 spiro atoms. The number of piperidine rings is 1. The fourth-order valence-corrected chi connectivity index (χ4v) is 3.50. The van der Waals surface area contributed by atoms with Crippen molar-refractivity contribution in [1.29, 1.82) is 0 Å². The molecule has 0 unspecified atom stereocenters. The smallest absolute Gasteiger partial charge is 0.344 e. The molecule has 0 saturated carbocycles. The number of nitro benzene ring substituents is 1. The molecular weight excluding hydrogens is 332 g/mol. The molecule has 0 atom stereocenters. The van der Waals surface area contributed by atoms with Gasteiger partial charge in [-0.2, -0.15) is 0 Å². The minimum Gasteiger partial charge on any atom is -0.465 e. The highest BCUT2D eigenvalue weighted by Crippen LogP contribution is 2.29. The van der Waals surface area contributed by atoms with E-state index in [0.29, 0.717) is 5.92 Å². The van der Waals surface area contributed by atoms with Gasteiger partial charge in [-0.1, -0.05) is 30.3 Å². The van der Waals surface area contributed by atoms with Crippen LogP contribution in [0.4, 0.5) is 11.4 Å². The number of nitro groups is 1. The van der Waals surface area contributed by atoms with Crippen molar-refractivity contribution in [3.05, 3.63) is 69.8 Å². The first-order valence-corrected chi connectivity index (χ1v) is 8.74. The molecule has 1 saturated heterocycles. The second kappa shape index (κ2) is 7.99. The summed E-state index contributed by atoms with van der Waals surface area (Å²) in [6.07, 6.45) is 3.18. The number of nitrogens with zero attached hydrogens (tertiary/aromatic N) is 2. The van der Waals surface area contributed by atoms with E-state index in [4.69, 9.17) is 4.74 Å². The Balaban J connectivity index is 1.69. The van der Waals surface area contributed by atoms with Crippen molar-refractivity contribution in [1.82, 2.24) is 0 Å². The van der Waals surface area contributed by atoms with Crippen molar-refractivity contribution in [3.63, 3.8) is 0 Å². The molecule has 0 bridgehead atoms. The van der Waals surface area contributed by atoms with Crippen molar-refractivity contribution in [2.45, 2.75) is 19.3 Å². The van der Waals surface area contributed by atoms with Crippen LogP contribution in [0.25, 0.3) is 0 Å². The molecule has 2 aromatic carbocycles. The zero-order valence-corrected chi connectivity index (χ0v) is 14.8. The normalized spacial score (nSPS) is 14.9. The lowest BCUT2D eigenvalue weighted by molar-refractivity contribution is -0.385. The maximum absolute atomic E-state index is 11.9. The third kappa shape index (κ3) is 4.02. The van der Waals surface area contributed by atoms with Gasteiger partial charge in [-0.05, 0) is 42.9 Å². The largest absolute Gasteiger partial charge is 0.465 e. The summed E-state index contributed by atoms with van der Waals surface area (Å²) in [5, 5.41) is 11.1. The standard InChI is InChI=1S/C20H22N2O4/c1-26-20(23)18-14-17(7-8-19(18)22(24)25)21-11-9-16(10-12-21)13-15-5-3-2-4-6-15/h2-8,14,16H,9-13H2,1H3. The SMILES string of the molecule is COC(=O)c1cc(N2CCC(Cc3ccccc3)CC2)ccc1[N+](=O)[O-]. The van der Waals surface area contributed by atoms with Gasteiger partial charge in [0.25, 0.3) is 5.69 Å². The average molecular weight is 354 g/mol. The first-order valence-electron chi connectivity index (χ1n) is 8.74. The van der Waals surface area contributed by atoms with Gasteiger partial charge in [0.1, 0.15) is 5.56 Å². The van der Waals surface area contributed by atoms with Crippen molar-refractivity contribution < 1.29 is 14.5 Å². The molecule has 0 aliphatic carbocycles. The summed E-state index contributed by atoms with van der Waals surface area (Å²) in [6, 6.07) is 15.1. The van der Waals surface area contributed by atoms with Crippen LogP contribution >= 0.6 is 0 Å². The van der Waals surface area contributed by atoms with Gasteiger partial charge < -0.3 is 9.64 Å². The number of rotatable bonds is 5. The predicted molar refractivity (Wildman–Crippen MR) is 99.5 cm³/mol. The fraction of sp³-hybridized carbons (Fsp3) is 0.350. The maximum atomic E-state index is 11.9. The van der Waals surface area contributed by atoms with Crippen LogP contribution < -0.4 is 4.90 Å².